The number of thiocarbonyl (C=S) groups is 1. The van der Waals surface area contributed by atoms with Gasteiger partial charge in [-0.3, -0.25) is 28.9 Å². The van der Waals surface area contributed by atoms with Crippen LogP contribution < -0.4 is 15.4 Å². The van der Waals surface area contributed by atoms with Gasteiger partial charge in [-0.15, -0.1) is 0 Å². The zero-order chi connectivity index (χ0) is 46.0. The van der Waals surface area contributed by atoms with Gasteiger partial charge in [0.05, 0.1) is 17.7 Å². The molecule has 3 aliphatic heterocycles. The van der Waals surface area contributed by atoms with Crippen molar-refractivity contribution < 1.29 is 37.5 Å². The summed E-state index contributed by atoms with van der Waals surface area (Å²) in [5.74, 6) is -1.55. The smallest absolute Gasteiger partial charge is 0.288 e. The van der Waals surface area contributed by atoms with E-state index >= 15 is 0 Å². The van der Waals surface area contributed by atoms with E-state index in [4.69, 9.17) is 28.6 Å². The number of ether oxygens (including phenoxy) is 1. The van der Waals surface area contributed by atoms with E-state index < -0.39 is 52.5 Å². The summed E-state index contributed by atoms with van der Waals surface area (Å²) in [6.45, 7) is 7.83. The molecule has 18 heteroatoms. The molecule has 1 aliphatic carbocycles. The van der Waals surface area contributed by atoms with Gasteiger partial charge in [0.15, 0.2) is 4.99 Å². The third kappa shape index (κ3) is 14.3. The molecule has 5 amide bonds. The number of nitrogens with one attached hydrogen (secondary N) is 2. The standard InChI is InChI=1S/C45H67ClF2N7O6PS/c1-28(2)17-18-29(3)27-61-40-31(24-32(46)26-49-40)25-35-42(58)52(4)22-11-9-7-8-10-14-33(38(56)51-41(63)44(60)54(35)6)53(5)43(59)37(30-19-20-30)50-39(57)34-15-13-23-55(34)36-16-12-21-45(47,48)62-36/h24,26,28-30,33-35,37H,7-23,25,27H2,1-6H3,(H,50,57)(H,51,56,63)/t29?,33-,34-,35-,37-/m0/s1. The lowest BCUT2D eigenvalue weighted by Gasteiger charge is -2.34. The highest BCUT2D eigenvalue weighted by Gasteiger charge is 2.44. The maximum absolute atomic E-state index is 14.4. The number of pyridine rings is 1. The predicted molar refractivity (Wildman–Crippen MR) is 246 cm³/mol. The molecule has 1 aromatic heterocycles. The molecule has 0 aromatic carbocycles. The van der Waals surface area contributed by atoms with E-state index in [1.165, 1.54) is 30.1 Å². The van der Waals surface area contributed by atoms with Crippen molar-refractivity contribution in [2.75, 3.05) is 40.8 Å². The zero-order valence-electron chi connectivity index (χ0n) is 37.8. The fourth-order valence-electron chi connectivity index (χ4n) is 8.65. The van der Waals surface area contributed by atoms with Crippen LogP contribution in [0.15, 0.2) is 12.3 Å². The third-order valence-electron chi connectivity index (χ3n) is 12.7. The number of hydrogen-bond donors (Lipinski definition) is 2. The number of likely N-dealkylation sites (tertiary alicyclic amines) is 1. The molecule has 3 fully saturated rings. The Morgan fingerprint density at radius 1 is 1.03 bits per heavy atom. The van der Waals surface area contributed by atoms with Crippen molar-refractivity contribution >= 4 is 72.0 Å². The zero-order valence-corrected chi connectivity index (χ0v) is 40.3. The highest BCUT2D eigenvalue weighted by Crippen LogP contribution is 2.41. The molecule has 2 N–H and O–H groups in total. The van der Waals surface area contributed by atoms with Gasteiger partial charge in [0.2, 0.25) is 29.5 Å². The summed E-state index contributed by atoms with van der Waals surface area (Å²) in [7, 11) is 4.64. The van der Waals surface area contributed by atoms with Crippen molar-refractivity contribution in [3.63, 3.8) is 0 Å². The van der Waals surface area contributed by atoms with Crippen molar-refractivity contribution in [1.29, 1.82) is 0 Å². The molecule has 13 nitrogen and oxygen atoms in total. The second-order valence-corrected chi connectivity index (χ2v) is 20.7. The highest BCUT2D eigenvalue weighted by molar-refractivity contribution is 7.82. The van der Waals surface area contributed by atoms with Gasteiger partial charge in [-0.25, -0.2) is 4.98 Å². The van der Waals surface area contributed by atoms with Crippen LogP contribution in [-0.4, -0.2) is 135 Å². The molecule has 1 unspecified atom stereocenters. The lowest BCUT2D eigenvalue weighted by Crippen LogP contribution is -2.58. The summed E-state index contributed by atoms with van der Waals surface area (Å²) in [5, 5.41) is 5.91. The van der Waals surface area contributed by atoms with Crippen molar-refractivity contribution in [3.8, 4) is 5.88 Å². The number of aromatic nitrogens is 1. The number of halogens is 3. The maximum atomic E-state index is 14.4. The third-order valence-corrected chi connectivity index (χ3v) is 14.5. The molecule has 1 saturated carbocycles. The van der Waals surface area contributed by atoms with E-state index in [-0.39, 0.29) is 51.1 Å². The first-order chi connectivity index (χ1) is 29.9. The minimum absolute atomic E-state index is 0.0173. The van der Waals surface area contributed by atoms with Crippen LogP contribution >= 0.6 is 32.0 Å². The topological polar surface area (TPSA) is 144 Å². The Kier molecular flexibility index (Phi) is 18.7. The summed E-state index contributed by atoms with van der Waals surface area (Å²) < 4.78 is 34.9. The van der Waals surface area contributed by atoms with Crippen LogP contribution in [0.2, 0.25) is 5.02 Å². The number of likely N-dealkylation sites (N-methyl/N-ethyl adjacent to an activating group) is 3. The van der Waals surface area contributed by atoms with Crippen molar-refractivity contribution in [2.45, 2.75) is 153 Å². The Hall–Kier alpha value is -3.33. The predicted octanol–water partition coefficient (Wildman–Crippen LogP) is 6.85. The Morgan fingerprint density at radius 3 is 2.44 bits per heavy atom. The highest BCUT2D eigenvalue weighted by atomic mass is 35.5. The fraction of sp³-hybridized carbons (Fsp3) is 0.733. The SMILES string of the molecule is CC(C)CCC(C)COc1ncc(Cl)cc1C[C@H]1C(=O)N(C)CCCCCCC[C@H](N(C)C(=O)[C@@H](NC(=O)[C@@H]2CCCN2C2=PC(F)(F)CCC2)C2CC2)C(=O)NC(=S)C(=O)N1C. The number of carbonyl (C=O) groups is 5. The van der Waals surface area contributed by atoms with Crippen molar-refractivity contribution in [3.05, 3.63) is 22.8 Å². The van der Waals surface area contributed by atoms with Gasteiger partial charge in [0.25, 0.3) is 11.6 Å². The molecule has 350 valence electrons. The second kappa shape index (κ2) is 23.2. The van der Waals surface area contributed by atoms with Crippen LogP contribution in [0.1, 0.15) is 123 Å². The molecule has 5 atom stereocenters. The van der Waals surface area contributed by atoms with Gasteiger partial charge in [-0.05, 0) is 89.8 Å². The molecular formula is C45H67ClF2N7O6PS. The van der Waals surface area contributed by atoms with Crippen LogP contribution in [0.3, 0.4) is 0 Å². The van der Waals surface area contributed by atoms with E-state index in [1.54, 1.807) is 22.9 Å². The molecule has 1 aromatic rings. The molecule has 0 bridgehead atoms. The number of alkyl halides is 2. The van der Waals surface area contributed by atoms with Crippen LogP contribution in [0.5, 0.6) is 5.88 Å². The molecule has 5 rings (SSSR count). The molecule has 0 spiro atoms. The van der Waals surface area contributed by atoms with Crippen LogP contribution in [-0.2, 0) is 30.4 Å². The summed E-state index contributed by atoms with van der Waals surface area (Å²) in [6, 6.07) is -1.96. The Morgan fingerprint density at radius 2 is 1.75 bits per heavy atom. The average Bonchev–Trinajstić information content (AvgIpc) is 3.96. The quantitative estimate of drug-likeness (QED) is 0.151. The minimum atomic E-state index is -2.82. The summed E-state index contributed by atoms with van der Waals surface area (Å²) in [4.78, 5) is 80.7. The second-order valence-electron chi connectivity index (χ2n) is 18.5. The lowest BCUT2D eigenvalue weighted by atomic mass is 10.00. The number of hydrogen-bond acceptors (Lipinski definition) is 9. The van der Waals surface area contributed by atoms with Gasteiger partial charge in [0, 0.05) is 64.3 Å². The molecular weight excluding hydrogens is 871 g/mol. The fourth-order valence-corrected chi connectivity index (χ4v) is 10.4. The van der Waals surface area contributed by atoms with Crippen molar-refractivity contribution in [1.82, 2.24) is 35.2 Å². The van der Waals surface area contributed by atoms with E-state index in [0.717, 1.165) is 38.5 Å². The minimum Gasteiger partial charge on any atom is -0.477 e. The summed E-state index contributed by atoms with van der Waals surface area (Å²) in [5.41, 5.74) is -1.72. The van der Waals surface area contributed by atoms with E-state index in [9.17, 15) is 32.8 Å². The molecule has 0 radical (unpaired) electrons. The Labute approximate surface area is 383 Å². The molecule has 63 heavy (non-hydrogen) atoms. The van der Waals surface area contributed by atoms with Crippen LogP contribution in [0.4, 0.5) is 8.78 Å². The van der Waals surface area contributed by atoms with Crippen molar-refractivity contribution in [2.24, 2.45) is 17.8 Å². The van der Waals surface area contributed by atoms with Crippen LogP contribution in [0.25, 0.3) is 0 Å². The van der Waals surface area contributed by atoms with Gasteiger partial charge in [0.1, 0.15) is 18.1 Å². The summed E-state index contributed by atoms with van der Waals surface area (Å²) in [6.07, 6.45) is 10.8. The van der Waals surface area contributed by atoms with E-state index in [2.05, 4.69) is 36.4 Å². The lowest BCUT2D eigenvalue weighted by molar-refractivity contribution is -0.143. The van der Waals surface area contributed by atoms with Crippen LogP contribution in [0, 0.1) is 17.8 Å². The molecule has 4 heterocycles. The Bertz CT molecular complexity index is 1860. The van der Waals surface area contributed by atoms with Gasteiger partial charge in [-0.1, -0.05) is 76.7 Å². The van der Waals surface area contributed by atoms with Gasteiger partial charge >= 0.3 is 0 Å². The number of nitrogens with zero attached hydrogens (tertiary/aromatic N) is 5. The molecule has 4 aliphatic rings. The number of rotatable bonds is 14. The normalized spacial score (nSPS) is 24.7. The average molecular weight is 939 g/mol. The first kappa shape index (κ1) is 50.7. The number of amides is 5. The van der Waals surface area contributed by atoms with Gasteiger partial charge < -0.3 is 30.1 Å². The Balaban J connectivity index is 1.32. The molecule has 2 saturated heterocycles. The first-order valence-electron chi connectivity index (χ1n) is 22.8. The largest absolute Gasteiger partial charge is 0.477 e. The van der Waals surface area contributed by atoms with E-state index in [1.807, 2.05) is 0 Å². The maximum Gasteiger partial charge on any atom is 0.288 e. The van der Waals surface area contributed by atoms with Gasteiger partial charge in [-0.2, -0.15) is 8.78 Å². The summed E-state index contributed by atoms with van der Waals surface area (Å²) >= 11 is 12.0. The monoisotopic (exact) mass is 937 g/mol. The first-order valence-corrected chi connectivity index (χ1v) is 24.5. The van der Waals surface area contributed by atoms with E-state index in [0.29, 0.717) is 92.4 Å². The number of carbonyl (C=O) groups excluding carboxylic acids is 5.